The van der Waals surface area contributed by atoms with Crippen molar-refractivity contribution in [3.63, 3.8) is 0 Å². The fraction of sp³-hybridized carbons (Fsp3) is 1.00. The molecule has 0 aromatic rings. The van der Waals surface area contributed by atoms with Crippen molar-refractivity contribution in [3.05, 3.63) is 0 Å². The second kappa shape index (κ2) is 4.08. The third-order valence-corrected chi connectivity index (χ3v) is 1.16. The molecule has 0 amide bonds. The minimum atomic E-state index is -4.41. The van der Waals surface area contributed by atoms with E-state index in [0.717, 1.165) is 7.11 Å². The first-order valence-corrected chi connectivity index (χ1v) is 3.31. The summed E-state index contributed by atoms with van der Waals surface area (Å²) < 4.78 is 41.7. The van der Waals surface area contributed by atoms with Crippen LogP contribution < -0.4 is 0 Å². The standard InChI is InChI=1S/C3H6F3O3P/c1-8-10(7)9-2-3(4,5)6/h7H,2H2,1H3. The number of hydrogen-bond donors (Lipinski definition) is 1. The van der Waals surface area contributed by atoms with Gasteiger partial charge in [-0.1, -0.05) is 0 Å². The maximum atomic E-state index is 11.3. The molecule has 0 spiro atoms. The SMILES string of the molecule is COP(O)OCC(F)(F)F. The summed E-state index contributed by atoms with van der Waals surface area (Å²) in [4.78, 5) is 8.34. The Morgan fingerprint density at radius 3 is 2.30 bits per heavy atom. The molecule has 0 aliphatic rings. The van der Waals surface area contributed by atoms with Crippen molar-refractivity contribution in [1.29, 1.82) is 0 Å². The Balaban J connectivity index is 3.36. The highest BCUT2D eigenvalue weighted by molar-refractivity contribution is 7.40. The van der Waals surface area contributed by atoms with Crippen molar-refractivity contribution in [1.82, 2.24) is 0 Å². The van der Waals surface area contributed by atoms with E-state index in [-0.39, 0.29) is 0 Å². The smallest absolute Gasteiger partial charge is 0.328 e. The highest BCUT2D eigenvalue weighted by Crippen LogP contribution is 2.33. The molecule has 0 aliphatic carbocycles. The fourth-order valence-corrected chi connectivity index (χ4v) is 0.543. The van der Waals surface area contributed by atoms with Gasteiger partial charge in [0.25, 0.3) is 0 Å². The molecule has 0 aliphatic heterocycles. The summed E-state index contributed by atoms with van der Waals surface area (Å²) in [5.74, 6) is 0. The van der Waals surface area contributed by atoms with E-state index in [0.29, 0.717) is 0 Å². The van der Waals surface area contributed by atoms with Crippen molar-refractivity contribution in [3.8, 4) is 0 Å². The van der Waals surface area contributed by atoms with E-state index < -0.39 is 21.4 Å². The predicted octanol–water partition coefficient (Wildman–Crippen LogP) is 1.43. The van der Waals surface area contributed by atoms with Crippen molar-refractivity contribution in [2.24, 2.45) is 0 Å². The fourth-order valence-electron chi connectivity index (χ4n) is 0.181. The molecule has 1 N–H and O–H groups in total. The van der Waals surface area contributed by atoms with Crippen LogP contribution in [0.4, 0.5) is 13.2 Å². The van der Waals surface area contributed by atoms with Crippen molar-refractivity contribution in [2.45, 2.75) is 6.18 Å². The molecule has 0 radical (unpaired) electrons. The molecule has 0 rings (SSSR count). The Bertz CT molecular complexity index is 95.5. The zero-order valence-corrected chi connectivity index (χ0v) is 5.95. The molecule has 0 heterocycles. The lowest BCUT2D eigenvalue weighted by molar-refractivity contribution is -0.155. The van der Waals surface area contributed by atoms with Gasteiger partial charge in [0.15, 0.2) is 6.61 Å². The van der Waals surface area contributed by atoms with Crippen LogP contribution in [0, 0.1) is 0 Å². The Labute approximate surface area is 56.7 Å². The van der Waals surface area contributed by atoms with E-state index >= 15 is 0 Å². The Kier molecular flexibility index (Phi) is 4.12. The van der Waals surface area contributed by atoms with Gasteiger partial charge in [0.05, 0.1) is 0 Å². The lowest BCUT2D eigenvalue weighted by Crippen LogP contribution is -2.15. The molecule has 1 unspecified atom stereocenters. The summed E-state index contributed by atoms with van der Waals surface area (Å²) >= 11 is 0. The van der Waals surface area contributed by atoms with Gasteiger partial charge < -0.3 is 13.9 Å². The third-order valence-electron chi connectivity index (χ3n) is 0.495. The van der Waals surface area contributed by atoms with Gasteiger partial charge in [-0.15, -0.1) is 0 Å². The zero-order chi connectivity index (χ0) is 8.20. The second-order valence-electron chi connectivity index (χ2n) is 1.31. The largest absolute Gasteiger partial charge is 0.412 e. The van der Waals surface area contributed by atoms with Gasteiger partial charge in [0.1, 0.15) is 0 Å². The molecule has 62 valence electrons. The number of alkyl halides is 3. The third kappa shape index (κ3) is 6.22. The molecule has 0 saturated heterocycles. The zero-order valence-electron chi connectivity index (χ0n) is 5.05. The Morgan fingerprint density at radius 1 is 1.50 bits per heavy atom. The average molecular weight is 178 g/mol. The summed E-state index contributed by atoms with van der Waals surface area (Å²) in [6, 6.07) is 0. The number of hydrogen-bond acceptors (Lipinski definition) is 3. The molecule has 7 heteroatoms. The van der Waals surface area contributed by atoms with Gasteiger partial charge in [0, 0.05) is 7.11 Å². The molecule has 10 heavy (non-hydrogen) atoms. The first-order chi connectivity index (χ1) is 4.45. The average Bonchev–Trinajstić information content (AvgIpc) is 1.81. The van der Waals surface area contributed by atoms with E-state index in [1.165, 1.54) is 0 Å². The molecule has 0 saturated carbocycles. The van der Waals surface area contributed by atoms with Gasteiger partial charge in [-0.3, -0.25) is 0 Å². The van der Waals surface area contributed by atoms with Crippen molar-refractivity contribution in [2.75, 3.05) is 13.7 Å². The first kappa shape index (κ1) is 10.1. The molecule has 3 nitrogen and oxygen atoms in total. The molecule has 0 aromatic heterocycles. The highest BCUT2D eigenvalue weighted by atomic mass is 31.2. The molecule has 0 fully saturated rings. The van der Waals surface area contributed by atoms with Gasteiger partial charge >= 0.3 is 14.8 Å². The molecule has 0 bridgehead atoms. The van der Waals surface area contributed by atoms with Crippen LogP contribution in [0.5, 0.6) is 0 Å². The van der Waals surface area contributed by atoms with Crippen LogP contribution in [0.2, 0.25) is 0 Å². The van der Waals surface area contributed by atoms with Gasteiger partial charge in [-0.25, -0.2) is 0 Å². The van der Waals surface area contributed by atoms with Crippen LogP contribution >= 0.6 is 8.60 Å². The maximum Gasteiger partial charge on any atom is 0.412 e. The summed E-state index contributed by atoms with van der Waals surface area (Å²) in [7, 11) is -1.31. The van der Waals surface area contributed by atoms with Gasteiger partial charge in [-0.2, -0.15) is 13.2 Å². The minimum absolute atomic E-state index is 1.06. The Hall–Kier alpha value is 0.100. The summed E-state index contributed by atoms with van der Waals surface area (Å²) in [5, 5.41) is 0. The maximum absolute atomic E-state index is 11.3. The van der Waals surface area contributed by atoms with Gasteiger partial charge in [0.2, 0.25) is 0 Å². The van der Waals surface area contributed by atoms with Crippen LogP contribution in [-0.4, -0.2) is 24.8 Å². The molecular formula is C3H6F3O3P. The molecule has 0 aromatic carbocycles. The minimum Gasteiger partial charge on any atom is -0.328 e. The van der Waals surface area contributed by atoms with Crippen LogP contribution in [0.1, 0.15) is 0 Å². The van der Waals surface area contributed by atoms with Crippen molar-refractivity contribution < 1.29 is 27.1 Å². The van der Waals surface area contributed by atoms with E-state index in [1.54, 1.807) is 0 Å². The van der Waals surface area contributed by atoms with E-state index in [4.69, 9.17) is 4.89 Å². The van der Waals surface area contributed by atoms with E-state index in [2.05, 4.69) is 9.05 Å². The lowest BCUT2D eigenvalue weighted by atomic mass is 10.7. The molecular weight excluding hydrogens is 172 g/mol. The summed E-state index contributed by atoms with van der Waals surface area (Å²) in [5.41, 5.74) is 0. The Morgan fingerprint density at radius 2 is 2.00 bits per heavy atom. The summed E-state index contributed by atoms with van der Waals surface area (Å²) in [6.07, 6.45) is -4.41. The van der Waals surface area contributed by atoms with E-state index in [1.807, 2.05) is 0 Å². The second-order valence-corrected chi connectivity index (χ2v) is 2.41. The summed E-state index contributed by atoms with van der Waals surface area (Å²) in [6.45, 7) is -1.48. The van der Waals surface area contributed by atoms with E-state index in [9.17, 15) is 13.2 Å². The normalized spacial score (nSPS) is 15.3. The van der Waals surface area contributed by atoms with Crippen molar-refractivity contribution >= 4 is 8.60 Å². The predicted molar refractivity (Wildman–Crippen MR) is 28.2 cm³/mol. The highest BCUT2D eigenvalue weighted by Gasteiger charge is 2.29. The van der Waals surface area contributed by atoms with Crippen LogP contribution in [0.15, 0.2) is 0 Å². The number of halogens is 3. The quantitative estimate of drug-likeness (QED) is 0.664. The van der Waals surface area contributed by atoms with Crippen LogP contribution in [0.3, 0.4) is 0 Å². The monoisotopic (exact) mass is 178 g/mol. The molecule has 1 atom stereocenters. The van der Waals surface area contributed by atoms with Gasteiger partial charge in [-0.05, 0) is 0 Å². The van der Waals surface area contributed by atoms with Crippen LogP contribution in [-0.2, 0) is 9.05 Å². The topological polar surface area (TPSA) is 38.7 Å². The van der Waals surface area contributed by atoms with Crippen LogP contribution in [0.25, 0.3) is 0 Å². The lowest BCUT2D eigenvalue weighted by Gasteiger charge is -2.09. The first-order valence-electron chi connectivity index (χ1n) is 2.18. The number of rotatable bonds is 3.